The van der Waals surface area contributed by atoms with Crippen LogP contribution < -0.4 is 10.9 Å². The summed E-state index contributed by atoms with van der Waals surface area (Å²) in [5.74, 6) is -0.122. The smallest absolute Gasteiger partial charge is 0.355 e. The maximum atomic E-state index is 12.6. The quantitative estimate of drug-likeness (QED) is 0.912. The highest BCUT2D eigenvalue weighted by Crippen LogP contribution is 2.26. The highest BCUT2D eigenvalue weighted by molar-refractivity contribution is 5.28. The molecule has 4 nitrogen and oxygen atoms in total. The van der Waals surface area contributed by atoms with E-state index in [0.717, 1.165) is 5.56 Å². The van der Waals surface area contributed by atoms with Crippen molar-refractivity contribution in [1.82, 2.24) is 9.97 Å². The third kappa shape index (κ3) is 4.08. The third-order valence-corrected chi connectivity index (χ3v) is 2.98. The van der Waals surface area contributed by atoms with Gasteiger partial charge in [-0.2, -0.15) is 13.2 Å². The Hall–Kier alpha value is -2.31. The monoisotopic (exact) mass is 297 g/mol. The molecule has 2 N–H and O–H groups in total. The van der Waals surface area contributed by atoms with E-state index in [0.29, 0.717) is 12.6 Å². The Kier molecular flexibility index (Phi) is 4.30. The van der Waals surface area contributed by atoms with E-state index in [1.54, 1.807) is 0 Å². The topological polar surface area (TPSA) is 57.8 Å². The Bertz CT molecular complexity index is 653. The molecule has 1 unspecified atom stereocenters. The molecule has 0 radical (unpaired) electrons. The molecule has 112 valence electrons. The van der Waals surface area contributed by atoms with Crippen molar-refractivity contribution in [1.29, 1.82) is 0 Å². The standard InChI is InChI=1S/C14H14F3N3O/c1-9(10-5-3-2-4-6-10)8-18-13-19-11(14(15,16)17)7-12(21)20-13/h2-7,9H,8H2,1H3,(H2,18,19,20,21). The first kappa shape index (κ1) is 15.1. The highest BCUT2D eigenvalue weighted by atomic mass is 19.4. The van der Waals surface area contributed by atoms with Crippen molar-refractivity contribution >= 4 is 5.95 Å². The van der Waals surface area contributed by atoms with E-state index in [2.05, 4.69) is 15.3 Å². The number of nitrogens with one attached hydrogen (secondary N) is 2. The van der Waals surface area contributed by atoms with Crippen LogP contribution in [0.1, 0.15) is 24.1 Å². The lowest BCUT2D eigenvalue weighted by Crippen LogP contribution is -2.20. The first-order valence-electron chi connectivity index (χ1n) is 6.33. The van der Waals surface area contributed by atoms with Crippen molar-refractivity contribution in [3.63, 3.8) is 0 Å². The molecule has 0 spiro atoms. The van der Waals surface area contributed by atoms with Crippen molar-refractivity contribution in [3.05, 3.63) is 58.0 Å². The fraction of sp³-hybridized carbons (Fsp3) is 0.286. The lowest BCUT2D eigenvalue weighted by molar-refractivity contribution is -0.141. The molecular weight excluding hydrogens is 283 g/mol. The SMILES string of the molecule is CC(CNc1nc(C(F)(F)F)cc(=O)[nH]1)c1ccccc1. The molecule has 2 aromatic rings. The van der Waals surface area contributed by atoms with Crippen molar-refractivity contribution in [2.24, 2.45) is 0 Å². The van der Waals surface area contributed by atoms with Crippen LogP contribution in [0.5, 0.6) is 0 Å². The predicted octanol–water partition coefficient (Wildman–Crippen LogP) is 3.00. The molecule has 7 heteroatoms. The van der Waals surface area contributed by atoms with Crippen LogP contribution in [0.3, 0.4) is 0 Å². The lowest BCUT2D eigenvalue weighted by atomic mass is 10.0. The second-order valence-electron chi connectivity index (χ2n) is 4.67. The lowest BCUT2D eigenvalue weighted by Gasteiger charge is -2.14. The fourth-order valence-electron chi connectivity index (χ4n) is 1.84. The van der Waals surface area contributed by atoms with Crippen LogP contribution in [-0.4, -0.2) is 16.5 Å². The molecule has 0 fully saturated rings. The largest absolute Gasteiger partial charge is 0.433 e. The van der Waals surface area contributed by atoms with E-state index in [1.807, 2.05) is 37.3 Å². The summed E-state index contributed by atoms with van der Waals surface area (Å²) < 4.78 is 37.7. The first-order valence-corrected chi connectivity index (χ1v) is 6.33. The van der Waals surface area contributed by atoms with Crippen LogP contribution in [0.4, 0.5) is 19.1 Å². The maximum Gasteiger partial charge on any atom is 0.433 e. The predicted molar refractivity (Wildman–Crippen MR) is 73.2 cm³/mol. The number of benzene rings is 1. The summed E-state index contributed by atoms with van der Waals surface area (Å²) >= 11 is 0. The van der Waals surface area contributed by atoms with E-state index in [-0.39, 0.29) is 11.9 Å². The van der Waals surface area contributed by atoms with Crippen molar-refractivity contribution in [2.75, 3.05) is 11.9 Å². The molecule has 0 aliphatic heterocycles. The Balaban J connectivity index is 2.10. The molecule has 1 atom stereocenters. The molecule has 0 amide bonds. The van der Waals surface area contributed by atoms with Gasteiger partial charge in [0.15, 0.2) is 5.69 Å². The number of rotatable bonds is 4. The van der Waals surface area contributed by atoms with Crippen LogP contribution in [-0.2, 0) is 6.18 Å². The van der Waals surface area contributed by atoms with Crippen LogP contribution in [0.15, 0.2) is 41.2 Å². The number of anilines is 1. The fourth-order valence-corrected chi connectivity index (χ4v) is 1.84. The molecule has 1 heterocycles. The molecule has 1 aromatic heterocycles. The minimum absolute atomic E-state index is 0.0612. The van der Waals surface area contributed by atoms with E-state index < -0.39 is 17.4 Å². The summed E-state index contributed by atoms with van der Waals surface area (Å²) in [5, 5.41) is 2.73. The number of aromatic nitrogens is 2. The zero-order valence-corrected chi connectivity index (χ0v) is 11.2. The van der Waals surface area contributed by atoms with Gasteiger partial charge in [-0.05, 0) is 11.5 Å². The Morgan fingerprint density at radius 1 is 1.29 bits per heavy atom. The van der Waals surface area contributed by atoms with Gasteiger partial charge in [0.2, 0.25) is 5.95 Å². The van der Waals surface area contributed by atoms with Gasteiger partial charge in [0.25, 0.3) is 5.56 Å². The van der Waals surface area contributed by atoms with Gasteiger partial charge in [0.05, 0.1) is 0 Å². The van der Waals surface area contributed by atoms with Gasteiger partial charge in [-0.25, -0.2) is 4.98 Å². The summed E-state index contributed by atoms with van der Waals surface area (Å²) in [6.07, 6.45) is -4.64. The molecular formula is C14H14F3N3O. The van der Waals surface area contributed by atoms with E-state index in [4.69, 9.17) is 0 Å². The molecule has 0 aliphatic carbocycles. The second kappa shape index (κ2) is 5.99. The minimum Gasteiger partial charge on any atom is -0.355 e. The van der Waals surface area contributed by atoms with E-state index in [9.17, 15) is 18.0 Å². The Morgan fingerprint density at radius 3 is 2.57 bits per heavy atom. The van der Waals surface area contributed by atoms with Gasteiger partial charge in [0.1, 0.15) is 0 Å². The normalized spacial score (nSPS) is 13.0. The average Bonchev–Trinajstić information content (AvgIpc) is 2.44. The zero-order chi connectivity index (χ0) is 15.5. The van der Waals surface area contributed by atoms with Crippen molar-refractivity contribution in [3.8, 4) is 0 Å². The van der Waals surface area contributed by atoms with Crippen LogP contribution in [0.25, 0.3) is 0 Å². The summed E-state index contributed by atoms with van der Waals surface area (Å²) in [6.45, 7) is 2.28. The molecule has 0 saturated heterocycles. The van der Waals surface area contributed by atoms with E-state index >= 15 is 0 Å². The van der Waals surface area contributed by atoms with Gasteiger partial charge >= 0.3 is 6.18 Å². The van der Waals surface area contributed by atoms with Crippen LogP contribution in [0.2, 0.25) is 0 Å². The minimum atomic E-state index is -4.64. The average molecular weight is 297 g/mol. The summed E-state index contributed by atoms with van der Waals surface area (Å²) in [6, 6.07) is 9.94. The summed E-state index contributed by atoms with van der Waals surface area (Å²) in [7, 11) is 0. The van der Waals surface area contributed by atoms with Crippen LogP contribution >= 0.6 is 0 Å². The maximum absolute atomic E-state index is 12.6. The molecule has 0 saturated carbocycles. The number of aromatic amines is 1. The molecule has 2 rings (SSSR count). The molecule has 1 aromatic carbocycles. The number of hydrogen-bond acceptors (Lipinski definition) is 3. The molecule has 0 bridgehead atoms. The van der Waals surface area contributed by atoms with Gasteiger partial charge in [-0.15, -0.1) is 0 Å². The number of halogens is 3. The summed E-state index contributed by atoms with van der Waals surface area (Å²) in [4.78, 5) is 16.9. The number of hydrogen-bond donors (Lipinski definition) is 2. The number of alkyl halides is 3. The molecule has 21 heavy (non-hydrogen) atoms. The van der Waals surface area contributed by atoms with E-state index in [1.165, 1.54) is 0 Å². The zero-order valence-electron chi connectivity index (χ0n) is 11.2. The highest BCUT2D eigenvalue weighted by Gasteiger charge is 2.33. The van der Waals surface area contributed by atoms with Gasteiger partial charge in [-0.3, -0.25) is 9.78 Å². The van der Waals surface area contributed by atoms with Crippen molar-refractivity contribution in [2.45, 2.75) is 19.0 Å². The van der Waals surface area contributed by atoms with Crippen molar-refractivity contribution < 1.29 is 13.2 Å². The first-order chi connectivity index (χ1) is 9.86. The third-order valence-electron chi connectivity index (χ3n) is 2.98. The Labute approximate surface area is 119 Å². The van der Waals surface area contributed by atoms with Gasteiger partial charge in [0, 0.05) is 12.6 Å². The molecule has 0 aliphatic rings. The Morgan fingerprint density at radius 2 is 1.95 bits per heavy atom. The summed E-state index contributed by atoms with van der Waals surface area (Å²) in [5.41, 5.74) is -1.01. The van der Waals surface area contributed by atoms with Gasteiger partial charge < -0.3 is 5.32 Å². The van der Waals surface area contributed by atoms with Gasteiger partial charge in [-0.1, -0.05) is 37.3 Å². The number of H-pyrrole nitrogens is 1. The van der Waals surface area contributed by atoms with Crippen LogP contribution in [0, 0.1) is 0 Å². The second-order valence-corrected chi connectivity index (χ2v) is 4.67. The number of nitrogens with zero attached hydrogens (tertiary/aromatic N) is 1.